The van der Waals surface area contributed by atoms with Gasteiger partial charge in [-0.25, -0.2) is 8.42 Å². The second kappa shape index (κ2) is 6.17. The van der Waals surface area contributed by atoms with Crippen LogP contribution in [0.2, 0.25) is 0 Å². The summed E-state index contributed by atoms with van der Waals surface area (Å²) in [6.07, 6.45) is 0. The summed E-state index contributed by atoms with van der Waals surface area (Å²) in [5.74, 6) is 0. The Kier molecular flexibility index (Phi) is 4.70. The predicted octanol–water partition coefficient (Wildman–Crippen LogP) is 3.16. The Morgan fingerprint density at radius 1 is 1.14 bits per heavy atom. The zero-order valence-electron chi connectivity index (χ0n) is 11.9. The second-order valence-corrected chi connectivity index (χ2v) is 7.84. The van der Waals surface area contributed by atoms with E-state index in [1.54, 1.807) is 32.2 Å². The van der Waals surface area contributed by atoms with E-state index in [0.29, 0.717) is 17.8 Å². The van der Waals surface area contributed by atoms with Crippen LogP contribution in [0.5, 0.6) is 0 Å². The summed E-state index contributed by atoms with van der Waals surface area (Å²) in [5, 5.41) is 0. The summed E-state index contributed by atoms with van der Waals surface area (Å²) in [6.45, 7) is 2.07. The molecule has 0 bridgehead atoms. The van der Waals surface area contributed by atoms with Crippen molar-refractivity contribution in [2.75, 3.05) is 12.8 Å². The number of aryl methyl sites for hydroxylation is 1. The molecule has 0 aliphatic rings. The maximum Gasteiger partial charge on any atom is 0.243 e. The van der Waals surface area contributed by atoms with Crippen molar-refractivity contribution >= 4 is 31.6 Å². The molecule has 21 heavy (non-hydrogen) atoms. The van der Waals surface area contributed by atoms with Gasteiger partial charge in [-0.2, -0.15) is 4.31 Å². The average Bonchev–Trinajstić information content (AvgIpc) is 2.40. The summed E-state index contributed by atoms with van der Waals surface area (Å²) >= 11 is 3.36. The molecule has 0 atom stereocenters. The number of hydrogen-bond donors (Lipinski definition) is 1. The van der Waals surface area contributed by atoms with Crippen LogP contribution in [0.4, 0.5) is 5.69 Å². The SMILES string of the molecule is Cc1cc(N)ccc1S(=O)(=O)N(C)Cc1ccc(Br)cc1. The molecule has 0 aliphatic carbocycles. The van der Waals surface area contributed by atoms with Gasteiger partial charge in [0.1, 0.15) is 0 Å². The van der Waals surface area contributed by atoms with Crippen molar-refractivity contribution in [2.45, 2.75) is 18.4 Å². The smallest absolute Gasteiger partial charge is 0.243 e. The highest BCUT2D eigenvalue weighted by Gasteiger charge is 2.22. The molecule has 2 aromatic carbocycles. The summed E-state index contributed by atoms with van der Waals surface area (Å²) < 4.78 is 27.5. The summed E-state index contributed by atoms with van der Waals surface area (Å²) in [7, 11) is -1.95. The third-order valence-electron chi connectivity index (χ3n) is 3.21. The molecule has 0 radical (unpaired) electrons. The van der Waals surface area contributed by atoms with Crippen LogP contribution in [-0.4, -0.2) is 19.8 Å². The number of benzene rings is 2. The van der Waals surface area contributed by atoms with E-state index in [4.69, 9.17) is 5.73 Å². The van der Waals surface area contributed by atoms with Gasteiger partial charge >= 0.3 is 0 Å². The number of nitrogens with zero attached hydrogens (tertiary/aromatic N) is 1. The van der Waals surface area contributed by atoms with E-state index in [0.717, 1.165) is 10.0 Å². The summed E-state index contributed by atoms with van der Waals surface area (Å²) in [6, 6.07) is 12.4. The van der Waals surface area contributed by atoms with E-state index in [1.807, 2.05) is 24.3 Å². The van der Waals surface area contributed by atoms with Gasteiger partial charge < -0.3 is 5.73 Å². The summed E-state index contributed by atoms with van der Waals surface area (Å²) in [5.41, 5.74) is 7.81. The van der Waals surface area contributed by atoms with Gasteiger partial charge in [-0.15, -0.1) is 0 Å². The number of halogens is 1. The molecule has 2 aromatic rings. The van der Waals surface area contributed by atoms with Crippen molar-refractivity contribution in [1.82, 2.24) is 4.31 Å². The average molecular weight is 369 g/mol. The second-order valence-electron chi connectivity index (χ2n) is 4.91. The molecule has 2 rings (SSSR count). The minimum absolute atomic E-state index is 0.288. The first kappa shape index (κ1) is 16.0. The van der Waals surface area contributed by atoms with Gasteiger partial charge in [0.2, 0.25) is 10.0 Å². The molecule has 6 heteroatoms. The monoisotopic (exact) mass is 368 g/mol. The van der Waals surface area contributed by atoms with Gasteiger partial charge in [-0.05, 0) is 48.4 Å². The molecular formula is C15H17BrN2O2S. The number of nitrogen functional groups attached to an aromatic ring is 1. The topological polar surface area (TPSA) is 63.4 Å². The van der Waals surface area contributed by atoms with Crippen LogP contribution in [-0.2, 0) is 16.6 Å². The fourth-order valence-electron chi connectivity index (χ4n) is 2.06. The zero-order valence-corrected chi connectivity index (χ0v) is 14.3. The number of hydrogen-bond acceptors (Lipinski definition) is 3. The largest absolute Gasteiger partial charge is 0.399 e. The lowest BCUT2D eigenvalue weighted by Gasteiger charge is -2.19. The van der Waals surface area contributed by atoms with Gasteiger partial charge in [-0.3, -0.25) is 0 Å². The molecule has 0 fully saturated rings. The maximum absolute atomic E-state index is 12.6. The van der Waals surface area contributed by atoms with Crippen molar-refractivity contribution in [3.8, 4) is 0 Å². The van der Waals surface area contributed by atoms with E-state index in [1.165, 1.54) is 4.31 Å². The third-order valence-corrected chi connectivity index (χ3v) is 5.70. The van der Waals surface area contributed by atoms with E-state index < -0.39 is 10.0 Å². The van der Waals surface area contributed by atoms with Gasteiger partial charge in [0.05, 0.1) is 4.90 Å². The maximum atomic E-state index is 12.6. The molecule has 0 spiro atoms. The number of nitrogens with two attached hydrogens (primary N) is 1. The first-order valence-electron chi connectivity index (χ1n) is 6.37. The van der Waals surface area contributed by atoms with Crippen LogP contribution in [0.1, 0.15) is 11.1 Å². The molecule has 112 valence electrons. The molecule has 0 amide bonds. The van der Waals surface area contributed by atoms with Crippen LogP contribution >= 0.6 is 15.9 Å². The molecule has 0 aliphatic heterocycles. The van der Waals surface area contributed by atoms with Crippen molar-refractivity contribution in [3.63, 3.8) is 0 Å². The summed E-state index contributed by atoms with van der Waals surface area (Å²) in [4.78, 5) is 0.288. The Bertz CT molecular complexity index is 743. The van der Waals surface area contributed by atoms with Crippen molar-refractivity contribution in [1.29, 1.82) is 0 Å². The third kappa shape index (κ3) is 3.64. The standard InChI is InChI=1S/C15H17BrN2O2S/c1-11-9-14(17)7-8-15(11)21(19,20)18(2)10-12-3-5-13(16)6-4-12/h3-9H,10,17H2,1-2H3. The van der Waals surface area contributed by atoms with Crippen LogP contribution in [0.25, 0.3) is 0 Å². The zero-order chi connectivity index (χ0) is 15.6. The van der Waals surface area contributed by atoms with Gasteiger partial charge in [0.25, 0.3) is 0 Å². The highest BCUT2D eigenvalue weighted by Crippen LogP contribution is 2.22. The van der Waals surface area contributed by atoms with Crippen LogP contribution in [0.15, 0.2) is 51.8 Å². The van der Waals surface area contributed by atoms with Gasteiger partial charge in [0.15, 0.2) is 0 Å². The first-order valence-corrected chi connectivity index (χ1v) is 8.61. The fraction of sp³-hybridized carbons (Fsp3) is 0.200. The van der Waals surface area contributed by atoms with Crippen LogP contribution in [0.3, 0.4) is 0 Å². The Morgan fingerprint density at radius 2 is 1.76 bits per heavy atom. The van der Waals surface area contributed by atoms with Crippen molar-refractivity contribution in [2.24, 2.45) is 0 Å². The Morgan fingerprint density at radius 3 is 2.33 bits per heavy atom. The van der Waals surface area contributed by atoms with Crippen molar-refractivity contribution in [3.05, 3.63) is 58.1 Å². The van der Waals surface area contributed by atoms with Crippen molar-refractivity contribution < 1.29 is 8.42 Å². The highest BCUT2D eigenvalue weighted by molar-refractivity contribution is 9.10. The molecule has 0 unspecified atom stereocenters. The molecule has 0 aromatic heterocycles. The minimum atomic E-state index is -3.53. The lowest BCUT2D eigenvalue weighted by molar-refractivity contribution is 0.466. The van der Waals surface area contributed by atoms with E-state index in [-0.39, 0.29) is 4.90 Å². The predicted molar refractivity (Wildman–Crippen MR) is 88.4 cm³/mol. The van der Waals surface area contributed by atoms with E-state index in [2.05, 4.69) is 15.9 Å². The number of rotatable bonds is 4. The Labute approximate surface area is 133 Å². The Hall–Kier alpha value is -1.37. The normalized spacial score (nSPS) is 11.8. The van der Waals surface area contributed by atoms with Crippen LogP contribution < -0.4 is 5.73 Å². The lowest BCUT2D eigenvalue weighted by Crippen LogP contribution is -2.27. The molecule has 0 saturated heterocycles. The minimum Gasteiger partial charge on any atom is -0.399 e. The van der Waals surface area contributed by atoms with Crippen LogP contribution in [0, 0.1) is 6.92 Å². The van der Waals surface area contributed by atoms with Gasteiger partial charge in [-0.1, -0.05) is 28.1 Å². The Balaban J connectivity index is 2.28. The van der Waals surface area contributed by atoms with E-state index >= 15 is 0 Å². The molecule has 4 nitrogen and oxygen atoms in total. The van der Waals surface area contributed by atoms with E-state index in [9.17, 15) is 8.42 Å². The number of anilines is 1. The fourth-order valence-corrected chi connectivity index (χ4v) is 3.69. The van der Waals surface area contributed by atoms with Gasteiger partial charge in [0, 0.05) is 23.8 Å². The first-order chi connectivity index (χ1) is 9.80. The molecule has 2 N–H and O–H groups in total. The molecule has 0 saturated carbocycles. The number of sulfonamides is 1. The molecular weight excluding hydrogens is 352 g/mol. The highest BCUT2D eigenvalue weighted by atomic mass is 79.9. The molecule has 0 heterocycles. The lowest BCUT2D eigenvalue weighted by atomic mass is 10.2. The quantitative estimate of drug-likeness (QED) is 0.842.